The third-order valence-electron chi connectivity index (χ3n) is 3.59. The molecule has 0 saturated carbocycles. The molecule has 1 rings (SSSR count). The van der Waals surface area contributed by atoms with Crippen LogP contribution in [0.4, 0.5) is 5.82 Å². The van der Waals surface area contributed by atoms with E-state index < -0.39 is 0 Å². The van der Waals surface area contributed by atoms with Crippen LogP contribution in [0.5, 0.6) is 0 Å². The van der Waals surface area contributed by atoms with E-state index in [1.54, 1.807) is 6.20 Å². The maximum atomic E-state index is 9.27. The molecule has 20 heavy (non-hydrogen) atoms. The van der Waals surface area contributed by atoms with Crippen molar-refractivity contribution >= 4 is 17.4 Å². The molecule has 0 aliphatic rings. The maximum Gasteiger partial charge on any atom is 0.128 e. The van der Waals surface area contributed by atoms with E-state index >= 15 is 0 Å². The Bertz CT molecular complexity index is 397. The summed E-state index contributed by atoms with van der Waals surface area (Å²) in [6.07, 6.45) is 2.73. The summed E-state index contributed by atoms with van der Waals surface area (Å²) >= 11 is 5.98. The van der Waals surface area contributed by atoms with Crippen LogP contribution in [0, 0.1) is 0 Å². The second-order valence-corrected chi connectivity index (χ2v) is 5.16. The molecule has 5 heteroatoms. The number of halogens is 1. The van der Waals surface area contributed by atoms with Gasteiger partial charge in [-0.3, -0.25) is 0 Å². The molecule has 0 radical (unpaired) electrons. The van der Waals surface area contributed by atoms with Crippen LogP contribution < -0.4 is 4.90 Å². The Morgan fingerprint density at radius 1 is 1.15 bits per heavy atom. The summed E-state index contributed by atoms with van der Waals surface area (Å²) < 4.78 is 0. The van der Waals surface area contributed by atoms with Gasteiger partial charge in [-0.25, -0.2) is 4.98 Å². The molecule has 0 bridgehead atoms. The lowest BCUT2D eigenvalue weighted by molar-refractivity contribution is 0.282. The van der Waals surface area contributed by atoms with Gasteiger partial charge in [-0.1, -0.05) is 25.4 Å². The van der Waals surface area contributed by atoms with Crippen molar-refractivity contribution in [1.82, 2.24) is 9.88 Å². The van der Waals surface area contributed by atoms with Gasteiger partial charge < -0.3 is 14.9 Å². The van der Waals surface area contributed by atoms with E-state index in [1.807, 2.05) is 6.07 Å². The molecule has 0 saturated heterocycles. The molecule has 0 atom stereocenters. The summed E-state index contributed by atoms with van der Waals surface area (Å²) in [4.78, 5) is 9.01. The first-order chi connectivity index (χ1) is 9.65. The Hall–Kier alpha value is -0.840. The Labute approximate surface area is 127 Å². The molecule has 1 heterocycles. The predicted octanol–water partition coefficient (Wildman–Crippen LogP) is 2.79. The van der Waals surface area contributed by atoms with E-state index in [1.165, 1.54) is 0 Å². The summed E-state index contributed by atoms with van der Waals surface area (Å²) in [6, 6.07) is 1.88. The highest BCUT2D eigenvalue weighted by molar-refractivity contribution is 6.31. The number of rotatable bonds is 9. The van der Waals surface area contributed by atoms with Gasteiger partial charge in [0.25, 0.3) is 0 Å². The molecule has 0 unspecified atom stereocenters. The average Bonchev–Trinajstić information content (AvgIpc) is 2.48. The van der Waals surface area contributed by atoms with E-state index in [0.29, 0.717) is 5.02 Å². The molecule has 0 fully saturated rings. The smallest absolute Gasteiger partial charge is 0.128 e. The third kappa shape index (κ3) is 4.93. The molecular formula is C15H26ClN3O. The summed E-state index contributed by atoms with van der Waals surface area (Å²) in [5.41, 5.74) is 0.735. The minimum absolute atomic E-state index is 0.0502. The first kappa shape index (κ1) is 17.2. The zero-order valence-electron chi connectivity index (χ0n) is 12.8. The van der Waals surface area contributed by atoms with E-state index in [2.05, 4.69) is 35.6 Å². The van der Waals surface area contributed by atoms with Crippen molar-refractivity contribution in [3.05, 3.63) is 22.8 Å². The van der Waals surface area contributed by atoms with E-state index in [4.69, 9.17) is 11.6 Å². The topological polar surface area (TPSA) is 39.6 Å². The van der Waals surface area contributed by atoms with E-state index in [-0.39, 0.29) is 6.61 Å². The average molecular weight is 300 g/mol. The molecule has 114 valence electrons. The van der Waals surface area contributed by atoms with Crippen molar-refractivity contribution in [2.24, 2.45) is 0 Å². The summed E-state index contributed by atoms with van der Waals surface area (Å²) in [7, 11) is 0. The zero-order chi connectivity index (χ0) is 15.0. The van der Waals surface area contributed by atoms with Crippen LogP contribution in [0.3, 0.4) is 0 Å². The molecule has 0 amide bonds. The summed E-state index contributed by atoms with van der Waals surface area (Å²) in [5, 5.41) is 9.80. The normalized spacial score (nSPS) is 11.1. The molecule has 4 nitrogen and oxygen atoms in total. The quantitative estimate of drug-likeness (QED) is 0.761. The Kier molecular flexibility index (Phi) is 7.88. The lowest BCUT2D eigenvalue weighted by atomic mass is 10.2. The second kappa shape index (κ2) is 9.16. The Morgan fingerprint density at radius 3 is 2.40 bits per heavy atom. The lowest BCUT2D eigenvalue weighted by Crippen LogP contribution is -2.30. The van der Waals surface area contributed by atoms with Crippen molar-refractivity contribution in [3.8, 4) is 0 Å². The highest BCUT2D eigenvalue weighted by atomic mass is 35.5. The molecule has 0 aromatic carbocycles. The molecule has 0 spiro atoms. The van der Waals surface area contributed by atoms with Crippen LogP contribution in [0.25, 0.3) is 0 Å². The van der Waals surface area contributed by atoms with E-state index in [0.717, 1.165) is 50.5 Å². The van der Waals surface area contributed by atoms with Crippen molar-refractivity contribution < 1.29 is 5.11 Å². The van der Waals surface area contributed by atoms with Gasteiger partial charge in [0.2, 0.25) is 0 Å². The molecule has 0 aliphatic heterocycles. The van der Waals surface area contributed by atoms with Crippen molar-refractivity contribution in [2.75, 3.05) is 37.6 Å². The van der Waals surface area contributed by atoms with Crippen molar-refractivity contribution in [1.29, 1.82) is 0 Å². The van der Waals surface area contributed by atoms with Gasteiger partial charge in [0.15, 0.2) is 0 Å². The van der Waals surface area contributed by atoms with Gasteiger partial charge >= 0.3 is 0 Å². The van der Waals surface area contributed by atoms with Crippen LogP contribution >= 0.6 is 11.6 Å². The van der Waals surface area contributed by atoms with Crippen LogP contribution in [0.15, 0.2) is 12.3 Å². The number of pyridine rings is 1. The number of aromatic nitrogens is 1. The fourth-order valence-electron chi connectivity index (χ4n) is 2.22. The number of hydrogen-bond donors (Lipinski definition) is 1. The summed E-state index contributed by atoms with van der Waals surface area (Å²) in [5.74, 6) is 0.889. The number of aliphatic hydroxyl groups excluding tert-OH is 1. The van der Waals surface area contributed by atoms with Crippen molar-refractivity contribution in [2.45, 2.75) is 33.8 Å². The highest BCUT2D eigenvalue weighted by Crippen LogP contribution is 2.20. The minimum Gasteiger partial charge on any atom is -0.392 e. The van der Waals surface area contributed by atoms with Crippen molar-refractivity contribution in [3.63, 3.8) is 0 Å². The highest BCUT2D eigenvalue weighted by Gasteiger charge is 2.09. The van der Waals surface area contributed by atoms with Crippen LogP contribution in [-0.2, 0) is 6.61 Å². The predicted molar refractivity (Wildman–Crippen MR) is 85.5 cm³/mol. The molecule has 1 N–H and O–H groups in total. The first-order valence-electron chi connectivity index (χ1n) is 7.38. The Morgan fingerprint density at radius 2 is 1.85 bits per heavy atom. The van der Waals surface area contributed by atoms with Gasteiger partial charge in [-0.05, 0) is 39.0 Å². The summed E-state index contributed by atoms with van der Waals surface area (Å²) in [6.45, 7) is 11.6. The third-order valence-corrected chi connectivity index (χ3v) is 3.93. The minimum atomic E-state index is -0.0502. The largest absolute Gasteiger partial charge is 0.392 e. The van der Waals surface area contributed by atoms with Gasteiger partial charge in [0.05, 0.1) is 11.6 Å². The van der Waals surface area contributed by atoms with Crippen LogP contribution in [-0.4, -0.2) is 47.7 Å². The van der Waals surface area contributed by atoms with Gasteiger partial charge in [-0.15, -0.1) is 0 Å². The fourth-order valence-corrected chi connectivity index (χ4v) is 2.38. The molecule has 1 aromatic rings. The maximum absolute atomic E-state index is 9.27. The number of hydrogen-bond acceptors (Lipinski definition) is 4. The number of aliphatic hydroxyl groups is 1. The van der Waals surface area contributed by atoms with Crippen LogP contribution in [0.1, 0.15) is 32.8 Å². The van der Waals surface area contributed by atoms with Gasteiger partial charge in [0, 0.05) is 24.8 Å². The van der Waals surface area contributed by atoms with Crippen LogP contribution in [0.2, 0.25) is 5.02 Å². The Balaban J connectivity index is 2.62. The SMILES string of the molecule is CCN(CC)CCCN(CC)c1cc(CO)c(Cl)cn1. The van der Waals surface area contributed by atoms with E-state index in [9.17, 15) is 5.11 Å². The zero-order valence-corrected chi connectivity index (χ0v) is 13.5. The molecule has 1 aromatic heterocycles. The molecular weight excluding hydrogens is 274 g/mol. The second-order valence-electron chi connectivity index (χ2n) is 4.75. The van der Waals surface area contributed by atoms with Gasteiger partial charge in [-0.2, -0.15) is 0 Å². The molecule has 0 aliphatic carbocycles. The first-order valence-corrected chi connectivity index (χ1v) is 7.76. The standard InChI is InChI=1S/C15H26ClN3O/c1-4-18(5-2)8-7-9-19(6-3)15-10-13(12-20)14(16)11-17-15/h10-11,20H,4-9,12H2,1-3H3. The fraction of sp³-hybridized carbons (Fsp3) is 0.667. The number of nitrogens with zero attached hydrogens (tertiary/aromatic N) is 3. The number of anilines is 1. The lowest BCUT2D eigenvalue weighted by Gasteiger charge is -2.24. The van der Waals surface area contributed by atoms with Gasteiger partial charge in [0.1, 0.15) is 5.82 Å². The monoisotopic (exact) mass is 299 g/mol.